The summed E-state index contributed by atoms with van der Waals surface area (Å²) >= 11 is -1.10. The summed E-state index contributed by atoms with van der Waals surface area (Å²) in [5.74, 6) is 0. The summed E-state index contributed by atoms with van der Waals surface area (Å²) in [6.07, 6.45) is 0.859. The fraction of sp³-hybridized carbons (Fsp3) is 0.294. The standard InChI is InChI=1S/C17H20N2OS/c1-18(2)14-7-5-12-9-13-6-8-15(19(3)4)11-17(13)21(20)16(12)10-14/h5-8,10-11H,9H2,1-4H3. The van der Waals surface area contributed by atoms with Gasteiger partial charge in [-0.25, -0.2) is 0 Å². The molecule has 1 aliphatic heterocycles. The van der Waals surface area contributed by atoms with E-state index in [1.807, 2.05) is 38.0 Å². The Kier molecular flexibility index (Phi) is 3.59. The van der Waals surface area contributed by atoms with E-state index in [9.17, 15) is 4.55 Å². The minimum Gasteiger partial charge on any atom is -0.606 e. The van der Waals surface area contributed by atoms with E-state index in [4.69, 9.17) is 0 Å². The van der Waals surface area contributed by atoms with Crippen LogP contribution in [0.2, 0.25) is 0 Å². The minimum absolute atomic E-state index is 0.859. The maximum atomic E-state index is 12.9. The molecule has 0 unspecified atom stereocenters. The summed E-state index contributed by atoms with van der Waals surface area (Å²) in [7, 11) is 8.02. The maximum Gasteiger partial charge on any atom is 0.164 e. The van der Waals surface area contributed by atoms with Gasteiger partial charge in [0.25, 0.3) is 0 Å². The van der Waals surface area contributed by atoms with Crippen LogP contribution < -0.4 is 9.80 Å². The van der Waals surface area contributed by atoms with Gasteiger partial charge in [-0.15, -0.1) is 0 Å². The first-order chi connectivity index (χ1) is 9.97. The van der Waals surface area contributed by atoms with Gasteiger partial charge in [0.1, 0.15) is 0 Å². The van der Waals surface area contributed by atoms with Crippen LogP contribution in [0.15, 0.2) is 46.2 Å². The van der Waals surface area contributed by atoms with E-state index in [1.165, 1.54) is 11.1 Å². The highest BCUT2D eigenvalue weighted by atomic mass is 32.2. The average molecular weight is 300 g/mol. The van der Waals surface area contributed by atoms with Crippen molar-refractivity contribution in [1.29, 1.82) is 0 Å². The SMILES string of the molecule is CN(C)c1ccc2c(c1)[S+]([O-])c1cc(N(C)C)ccc1C2. The van der Waals surface area contributed by atoms with Gasteiger partial charge in [0.05, 0.1) is 0 Å². The first-order valence-electron chi connectivity index (χ1n) is 6.99. The number of rotatable bonds is 2. The molecule has 3 rings (SSSR count). The number of anilines is 2. The van der Waals surface area contributed by atoms with Gasteiger partial charge in [-0.1, -0.05) is 12.1 Å². The van der Waals surface area contributed by atoms with E-state index in [0.717, 1.165) is 27.6 Å². The number of hydrogen-bond donors (Lipinski definition) is 0. The summed E-state index contributed by atoms with van der Waals surface area (Å²) in [6.45, 7) is 0. The van der Waals surface area contributed by atoms with Crippen LogP contribution in [-0.2, 0) is 17.6 Å². The first-order valence-corrected chi connectivity index (χ1v) is 8.14. The highest BCUT2D eigenvalue weighted by molar-refractivity contribution is 7.91. The highest BCUT2D eigenvalue weighted by Gasteiger charge is 2.29. The van der Waals surface area contributed by atoms with Gasteiger partial charge in [0.2, 0.25) is 0 Å². The Morgan fingerprint density at radius 1 is 0.810 bits per heavy atom. The van der Waals surface area contributed by atoms with E-state index < -0.39 is 11.2 Å². The minimum atomic E-state index is -1.10. The monoisotopic (exact) mass is 300 g/mol. The molecule has 0 aliphatic carbocycles. The zero-order valence-electron chi connectivity index (χ0n) is 12.9. The predicted octanol–water partition coefficient (Wildman–Crippen LogP) is 2.89. The molecule has 110 valence electrons. The lowest BCUT2D eigenvalue weighted by Gasteiger charge is -2.25. The maximum absolute atomic E-state index is 12.9. The van der Waals surface area contributed by atoms with Gasteiger partial charge < -0.3 is 14.4 Å². The van der Waals surface area contributed by atoms with Crippen LogP contribution in [0.1, 0.15) is 11.1 Å². The molecule has 1 heterocycles. The van der Waals surface area contributed by atoms with Crippen molar-refractivity contribution in [2.75, 3.05) is 38.0 Å². The fourth-order valence-corrected chi connectivity index (χ4v) is 4.05. The molecule has 0 fully saturated rings. The Morgan fingerprint density at radius 3 is 1.62 bits per heavy atom. The van der Waals surface area contributed by atoms with Crippen molar-refractivity contribution in [2.45, 2.75) is 16.2 Å². The van der Waals surface area contributed by atoms with Crippen LogP contribution in [0.4, 0.5) is 11.4 Å². The van der Waals surface area contributed by atoms with Crippen molar-refractivity contribution in [3.63, 3.8) is 0 Å². The van der Waals surface area contributed by atoms with Crippen molar-refractivity contribution in [2.24, 2.45) is 0 Å². The molecule has 3 nitrogen and oxygen atoms in total. The largest absolute Gasteiger partial charge is 0.606 e. The van der Waals surface area contributed by atoms with Gasteiger partial charge in [-0.2, -0.15) is 0 Å². The Labute approximate surface area is 129 Å². The van der Waals surface area contributed by atoms with Gasteiger partial charge >= 0.3 is 0 Å². The molecule has 0 atom stereocenters. The second-order valence-electron chi connectivity index (χ2n) is 5.82. The van der Waals surface area contributed by atoms with Gasteiger partial charge in [0, 0.05) is 80.4 Å². The second kappa shape index (κ2) is 5.28. The molecule has 1 aliphatic rings. The van der Waals surface area contributed by atoms with E-state index >= 15 is 0 Å². The molecule has 0 radical (unpaired) electrons. The Balaban J connectivity index is 2.07. The van der Waals surface area contributed by atoms with E-state index in [-0.39, 0.29) is 0 Å². The summed E-state index contributed by atoms with van der Waals surface area (Å²) in [4.78, 5) is 5.99. The summed E-state index contributed by atoms with van der Waals surface area (Å²) in [6, 6.07) is 12.5. The third kappa shape index (κ3) is 2.49. The smallest absolute Gasteiger partial charge is 0.164 e. The van der Waals surface area contributed by atoms with E-state index in [0.29, 0.717) is 0 Å². The van der Waals surface area contributed by atoms with Crippen LogP contribution in [-0.4, -0.2) is 32.7 Å². The first kappa shape index (κ1) is 14.3. The Bertz CT molecular complexity index is 625. The summed E-state index contributed by atoms with van der Waals surface area (Å²) in [5.41, 5.74) is 4.52. The lowest BCUT2D eigenvalue weighted by Crippen LogP contribution is -2.18. The molecule has 0 saturated carbocycles. The Morgan fingerprint density at radius 2 is 1.24 bits per heavy atom. The summed E-state index contributed by atoms with van der Waals surface area (Å²) in [5, 5.41) is 0. The molecule has 0 amide bonds. The van der Waals surface area contributed by atoms with Crippen LogP contribution in [0.25, 0.3) is 0 Å². The second-order valence-corrected chi connectivity index (χ2v) is 7.24. The number of hydrogen-bond acceptors (Lipinski definition) is 3. The van der Waals surface area contributed by atoms with Crippen molar-refractivity contribution in [1.82, 2.24) is 0 Å². The van der Waals surface area contributed by atoms with Gasteiger partial charge in [0.15, 0.2) is 9.79 Å². The lowest BCUT2D eigenvalue weighted by molar-refractivity contribution is 0.590. The van der Waals surface area contributed by atoms with E-state index in [1.54, 1.807) is 0 Å². The molecule has 4 heteroatoms. The summed E-state index contributed by atoms with van der Waals surface area (Å²) < 4.78 is 12.9. The van der Waals surface area contributed by atoms with Crippen LogP contribution in [0.5, 0.6) is 0 Å². The van der Waals surface area contributed by atoms with Crippen molar-refractivity contribution >= 4 is 22.6 Å². The zero-order chi connectivity index (χ0) is 15.1. The third-order valence-electron chi connectivity index (χ3n) is 3.91. The van der Waals surface area contributed by atoms with Crippen molar-refractivity contribution in [3.05, 3.63) is 47.5 Å². The van der Waals surface area contributed by atoms with Crippen LogP contribution in [0, 0.1) is 0 Å². The predicted molar refractivity (Wildman–Crippen MR) is 89.0 cm³/mol. The molecular weight excluding hydrogens is 280 g/mol. The third-order valence-corrected chi connectivity index (χ3v) is 5.47. The molecule has 0 bridgehead atoms. The molecule has 2 aromatic carbocycles. The van der Waals surface area contributed by atoms with Gasteiger partial charge in [-0.3, -0.25) is 0 Å². The topological polar surface area (TPSA) is 29.5 Å². The number of fused-ring (bicyclic) bond motifs is 2. The molecule has 21 heavy (non-hydrogen) atoms. The van der Waals surface area contributed by atoms with Crippen LogP contribution in [0.3, 0.4) is 0 Å². The Hall–Kier alpha value is -1.65. The van der Waals surface area contributed by atoms with Crippen LogP contribution >= 0.6 is 0 Å². The molecule has 0 spiro atoms. The molecule has 0 N–H and O–H groups in total. The number of nitrogens with zero attached hydrogens (tertiary/aromatic N) is 2. The molecule has 2 aromatic rings. The number of benzene rings is 2. The zero-order valence-corrected chi connectivity index (χ0v) is 13.7. The average Bonchev–Trinajstić information content (AvgIpc) is 2.46. The molecule has 0 aromatic heterocycles. The quantitative estimate of drug-likeness (QED) is 0.799. The molecular formula is C17H20N2OS. The van der Waals surface area contributed by atoms with Crippen molar-refractivity contribution in [3.8, 4) is 0 Å². The fourth-order valence-electron chi connectivity index (χ4n) is 2.60. The normalized spacial score (nSPS) is 13.6. The van der Waals surface area contributed by atoms with E-state index in [2.05, 4.69) is 36.4 Å². The lowest BCUT2D eigenvalue weighted by atomic mass is 10.0. The molecule has 0 saturated heterocycles. The van der Waals surface area contributed by atoms with Crippen molar-refractivity contribution < 1.29 is 4.55 Å². The van der Waals surface area contributed by atoms with Gasteiger partial charge in [-0.05, 0) is 12.1 Å². The highest BCUT2D eigenvalue weighted by Crippen LogP contribution is 2.37.